The fraction of sp³-hybridized carbons (Fsp3) is 0.333. The molecule has 1 atom stereocenters. The van der Waals surface area contributed by atoms with Crippen LogP contribution in [0.4, 0.5) is 0 Å². The zero-order valence-electron chi connectivity index (χ0n) is 12.3. The summed E-state index contributed by atoms with van der Waals surface area (Å²) in [6, 6.07) is 14.5. The Hall–Kier alpha value is -2.00. The molecule has 3 rings (SSSR count). The summed E-state index contributed by atoms with van der Waals surface area (Å²) in [5.41, 5.74) is 10.1. The smallest absolute Gasteiger partial charge is 0.161 e. The second-order valence-electron chi connectivity index (χ2n) is 5.47. The molecule has 2 aromatic carbocycles. The van der Waals surface area contributed by atoms with Crippen LogP contribution in [0.25, 0.3) is 0 Å². The van der Waals surface area contributed by atoms with Gasteiger partial charge in [-0.25, -0.2) is 0 Å². The van der Waals surface area contributed by atoms with E-state index in [9.17, 15) is 0 Å². The molecular formula is C18H21NO2. The number of hydrogen-bond acceptors (Lipinski definition) is 3. The molecule has 0 saturated heterocycles. The Morgan fingerprint density at radius 1 is 1.05 bits per heavy atom. The fourth-order valence-corrected chi connectivity index (χ4v) is 2.66. The van der Waals surface area contributed by atoms with Gasteiger partial charge in [0.2, 0.25) is 0 Å². The second-order valence-corrected chi connectivity index (χ2v) is 5.47. The van der Waals surface area contributed by atoms with Crippen molar-refractivity contribution >= 4 is 0 Å². The number of ether oxygens (including phenoxy) is 2. The molecule has 0 saturated carbocycles. The highest BCUT2D eigenvalue weighted by molar-refractivity contribution is 5.44. The van der Waals surface area contributed by atoms with Crippen molar-refractivity contribution in [3.05, 3.63) is 59.2 Å². The molecule has 0 aromatic heterocycles. The predicted octanol–water partition coefficient (Wildman–Crippen LogP) is 3.40. The summed E-state index contributed by atoms with van der Waals surface area (Å²) in [5, 5.41) is 0. The van der Waals surface area contributed by atoms with E-state index in [0.717, 1.165) is 29.9 Å². The van der Waals surface area contributed by atoms with Crippen LogP contribution in [-0.2, 0) is 6.42 Å². The minimum Gasteiger partial charge on any atom is -0.486 e. The van der Waals surface area contributed by atoms with Crippen molar-refractivity contribution in [1.29, 1.82) is 0 Å². The maximum absolute atomic E-state index is 6.33. The van der Waals surface area contributed by atoms with Crippen molar-refractivity contribution in [3.63, 3.8) is 0 Å². The van der Waals surface area contributed by atoms with Crippen LogP contribution in [0.1, 0.15) is 29.2 Å². The van der Waals surface area contributed by atoms with Crippen LogP contribution in [0.3, 0.4) is 0 Å². The molecule has 1 unspecified atom stereocenters. The van der Waals surface area contributed by atoms with Gasteiger partial charge in [0.15, 0.2) is 11.5 Å². The average molecular weight is 283 g/mol. The zero-order chi connectivity index (χ0) is 14.7. The first-order valence-electron chi connectivity index (χ1n) is 7.43. The van der Waals surface area contributed by atoms with Crippen LogP contribution in [0, 0.1) is 6.92 Å². The minimum absolute atomic E-state index is 0.0143. The number of aryl methyl sites for hydroxylation is 2. The topological polar surface area (TPSA) is 44.5 Å². The standard InChI is InChI=1S/C18H21NO2/c1-13-4-2-3-5-14(13)6-8-16(19)15-7-9-17-18(12-15)21-11-10-20-17/h2-5,7,9,12,16H,6,8,10-11,19H2,1H3. The molecule has 2 N–H and O–H groups in total. The molecule has 2 aromatic rings. The monoisotopic (exact) mass is 283 g/mol. The van der Waals surface area contributed by atoms with E-state index in [2.05, 4.69) is 31.2 Å². The van der Waals surface area contributed by atoms with Gasteiger partial charge in [0.25, 0.3) is 0 Å². The summed E-state index contributed by atoms with van der Waals surface area (Å²) in [7, 11) is 0. The molecule has 0 amide bonds. The SMILES string of the molecule is Cc1ccccc1CCC(N)c1ccc2c(c1)OCCO2. The molecule has 110 valence electrons. The molecule has 1 heterocycles. The minimum atomic E-state index is 0.0143. The van der Waals surface area contributed by atoms with Crippen molar-refractivity contribution < 1.29 is 9.47 Å². The van der Waals surface area contributed by atoms with Crippen LogP contribution in [0.5, 0.6) is 11.5 Å². The summed E-state index contributed by atoms with van der Waals surface area (Å²) in [4.78, 5) is 0. The Morgan fingerprint density at radius 3 is 2.62 bits per heavy atom. The number of nitrogens with two attached hydrogens (primary N) is 1. The summed E-state index contributed by atoms with van der Waals surface area (Å²) in [5.74, 6) is 1.63. The molecule has 0 radical (unpaired) electrons. The number of rotatable bonds is 4. The van der Waals surface area contributed by atoms with E-state index in [4.69, 9.17) is 15.2 Å². The quantitative estimate of drug-likeness (QED) is 0.935. The number of hydrogen-bond donors (Lipinski definition) is 1. The second kappa shape index (κ2) is 6.19. The van der Waals surface area contributed by atoms with Crippen molar-refractivity contribution in [3.8, 4) is 11.5 Å². The highest BCUT2D eigenvalue weighted by Gasteiger charge is 2.14. The maximum Gasteiger partial charge on any atom is 0.161 e. The molecule has 1 aliphatic rings. The van der Waals surface area contributed by atoms with E-state index < -0.39 is 0 Å². The summed E-state index contributed by atoms with van der Waals surface area (Å²) in [6.07, 6.45) is 1.91. The van der Waals surface area contributed by atoms with E-state index in [1.54, 1.807) is 0 Å². The van der Waals surface area contributed by atoms with Gasteiger partial charge in [-0.05, 0) is 48.6 Å². The number of fused-ring (bicyclic) bond motifs is 1. The normalized spacial score (nSPS) is 14.8. The lowest BCUT2D eigenvalue weighted by Crippen LogP contribution is -2.17. The lowest BCUT2D eigenvalue weighted by atomic mass is 9.97. The van der Waals surface area contributed by atoms with E-state index in [-0.39, 0.29) is 6.04 Å². The van der Waals surface area contributed by atoms with E-state index in [1.807, 2.05) is 18.2 Å². The van der Waals surface area contributed by atoms with E-state index in [0.29, 0.717) is 13.2 Å². The largest absolute Gasteiger partial charge is 0.486 e. The Morgan fingerprint density at radius 2 is 1.81 bits per heavy atom. The summed E-state index contributed by atoms with van der Waals surface area (Å²) < 4.78 is 11.2. The van der Waals surface area contributed by atoms with Crippen molar-refractivity contribution in [2.24, 2.45) is 5.73 Å². The van der Waals surface area contributed by atoms with Crippen LogP contribution in [-0.4, -0.2) is 13.2 Å². The van der Waals surface area contributed by atoms with E-state index in [1.165, 1.54) is 11.1 Å². The zero-order valence-corrected chi connectivity index (χ0v) is 12.3. The maximum atomic E-state index is 6.33. The lowest BCUT2D eigenvalue weighted by molar-refractivity contribution is 0.171. The van der Waals surface area contributed by atoms with Crippen LogP contribution in [0.2, 0.25) is 0 Å². The first-order chi connectivity index (χ1) is 10.2. The van der Waals surface area contributed by atoms with Gasteiger partial charge in [0, 0.05) is 6.04 Å². The van der Waals surface area contributed by atoms with Gasteiger partial charge in [0.05, 0.1) is 0 Å². The molecule has 3 nitrogen and oxygen atoms in total. The average Bonchev–Trinajstić information content (AvgIpc) is 2.53. The van der Waals surface area contributed by atoms with Gasteiger partial charge in [-0.3, -0.25) is 0 Å². The van der Waals surface area contributed by atoms with Crippen molar-refractivity contribution in [1.82, 2.24) is 0 Å². The third kappa shape index (κ3) is 3.19. The third-order valence-electron chi connectivity index (χ3n) is 3.98. The van der Waals surface area contributed by atoms with Gasteiger partial charge in [-0.15, -0.1) is 0 Å². The molecular weight excluding hydrogens is 262 g/mol. The van der Waals surface area contributed by atoms with Crippen LogP contribution >= 0.6 is 0 Å². The first kappa shape index (κ1) is 14.0. The van der Waals surface area contributed by atoms with Gasteiger partial charge in [0.1, 0.15) is 13.2 Å². The Balaban J connectivity index is 1.68. The van der Waals surface area contributed by atoms with Crippen LogP contribution < -0.4 is 15.2 Å². The summed E-state index contributed by atoms with van der Waals surface area (Å²) >= 11 is 0. The highest BCUT2D eigenvalue weighted by atomic mass is 16.6. The lowest BCUT2D eigenvalue weighted by Gasteiger charge is -2.20. The Bertz CT molecular complexity index is 624. The molecule has 21 heavy (non-hydrogen) atoms. The predicted molar refractivity (Wildman–Crippen MR) is 83.9 cm³/mol. The van der Waals surface area contributed by atoms with Gasteiger partial charge in [-0.1, -0.05) is 30.3 Å². The molecule has 1 aliphatic heterocycles. The molecule has 0 aliphatic carbocycles. The van der Waals surface area contributed by atoms with E-state index >= 15 is 0 Å². The number of benzene rings is 2. The van der Waals surface area contributed by atoms with Crippen molar-refractivity contribution in [2.75, 3.05) is 13.2 Å². The third-order valence-corrected chi connectivity index (χ3v) is 3.98. The van der Waals surface area contributed by atoms with Crippen LogP contribution in [0.15, 0.2) is 42.5 Å². The van der Waals surface area contributed by atoms with Crippen molar-refractivity contribution in [2.45, 2.75) is 25.8 Å². The fourth-order valence-electron chi connectivity index (χ4n) is 2.66. The molecule has 0 spiro atoms. The Kier molecular flexibility index (Phi) is 4.11. The summed E-state index contributed by atoms with van der Waals surface area (Å²) in [6.45, 7) is 3.37. The molecule has 3 heteroatoms. The Labute approximate surface area is 125 Å². The van der Waals surface area contributed by atoms with Gasteiger partial charge < -0.3 is 15.2 Å². The molecule has 0 bridgehead atoms. The molecule has 0 fully saturated rings. The van der Waals surface area contributed by atoms with Gasteiger partial charge >= 0.3 is 0 Å². The first-order valence-corrected chi connectivity index (χ1v) is 7.43. The van der Waals surface area contributed by atoms with Gasteiger partial charge in [-0.2, -0.15) is 0 Å². The highest BCUT2D eigenvalue weighted by Crippen LogP contribution is 2.33.